The van der Waals surface area contributed by atoms with Crippen molar-refractivity contribution in [2.24, 2.45) is 0 Å². The van der Waals surface area contributed by atoms with Crippen molar-refractivity contribution < 1.29 is 18.0 Å². The van der Waals surface area contributed by atoms with Gasteiger partial charge < -0.3 is 4.90 Å². The molecule has 0 N–H and O–H groups in total. The largest absolute Gasteiger partial charge is 0.433 e. The molecule has 3 aromatic heterocycles. The summed E-state index contributed by atoms with van der Waals surface area (Å²) in [6.07, 6.45) is -0.175. The van der Waals surface area contributed by atoms with Crippen molar-refractivity contribution in [2.75, 3.05) is 13.6 Å². The molecule has 1 amide bonds. The van der Waals surface area contributed by atoms with Crippen LogP contribution >= 0.6 is 0 Å². The molecule has 0 atom stereocenters. The number of rotatable bonds is 4. The van der Waals surface area contributed by atoms with E-state index >= 15 is 0 Å². The molecule has 0 aromatic carbocycles. The Morgan fingerprint density at radius 1 is 1.33 bits per heavy atom. The minimum absolute atomic E-state index is 0.0337. The number of alkyl halides is 3. The van der Waals surface area contributed by atoms with Crippen LogP contribution in [0.25, 0.3) is 5.65 Å². The quantitative estimate of drug-likeness (QED) is 0.726. The number of aromatic nitrogens is 5. The van der Waals surface area contributed by atoms with E-state index in [4.69, 9.17) is 0 Å². The SMILES string of the molecule is CN(CCn1cccn1)C(=O)c1cc2nccc(C(F)(F)F)n2n1. The standard InChI is InChI=1S/C14H13F3N6O/c1-21(7-8-22-6-2-4-19-22)13(24)10-9-12-18-5-3-11(14(15,16)17)23(12)20-10/h2-6,9H,7-8H2,1H3. The van der Waals surface area contributed by atoms with Crippen LogP contribution in [0.5, 0.6) is 0 Å². The highest BCUT2D eigenvalue weighted by Gasteiger charge is 2.34. The molecule has 24 heavy (non-hydrogen) atoms. The van der Waals surface area contributed by atoms with Crippen molar-refractivity contribution >= 4 is 11.6 Å². The highest BCUT2D eigenvalue weighted by atomic mass is 19.4. The molecule has 3 heterocycles. The first-order chi connectivity index (χ1) is 11.4. The van der Waals surface area contributed by atoms with Gasteiger partial charge in [-0.2, -0.15) is 23.4 Å². The normalized spacial score (nSPS) is 11.8. The summed E-state index contributed by atoms with van der Waals surface area (Å²) in [5.74, 6) is -0.485. The van der Waals surface area contributed by atoms with Gasteiger partial charge in [-0.05, 0) is 12.1 Å². The number of fused-ring (bicyclic) bond motifs is 1. The Morgan fingerprint density at radius 3 is 2.79 bits per heavy atom. The van der Waals surface area contributed by atoms with Crippen molar-refractivity contribution in [3.8, 4) is 0 Å². The molecule has 0 unspecified atom stereocenters. The van der Waals surface area contributed by atoms with Gasteiger partial charge in [-0.25, -0.2) is 9.50 Å². The number of carbonyl (C=O) groups is 1. The summed E-state index contributed by atoms with van der Waals surface area (Å²) in [5.41, 5.74) is -1.11. The summed E-state index contributed by atoms with van der Waals surface area (Å²) >= 11 is 0. The average Bonchev–Trinajstić information content (AvgIpc) is 3.19. The minimum Gasteiger partial charge on any atom is -0.338 e. The van der Waals surface area contributed by atoms with Crippen LogP contribution in [0.4, 0.5) is 13.2 Å². The smallest absolute Gasteiger partial charge is 0.338 e. The predicted molar refractivity (Wildman–Crippen MR) is 77.2 cm³/mol. The molecule has 3 aromatic rings. The molecule has 0 aliphatic rings. The molecule has 0 fully saturated rings. The van der Waals surface area contributed by atoms with Crippen molar-refractivity contribution in [1.82, 2.24) is 29.3 Å². The van der Waals surface area contributed by atoms with Gasteiger partial charge in [-0.1, -0.05) is 0 Å². The molecular weight excluding hydrogens is 325 g/mol. The average molecular weight is 338 g/mol. The fourth-order valence-electron chi connectivity index (χ4n) is 2.20. The van der Waals surface area contributed by atoms with Crippen molar-refractivity contribution in [3.05, 3.63) is 48.2 Å². The molecular formula is C14H13F3N6O. The zero-order chi connectivity index (χ0) is 17.3. The first kappa shape index (κ1) is 16.0. The molecule has 0 radical (unpaired) electrons. The molecule has 10 heteroatoms. The van der Waals surface area contributed by atoms with Crippen LogP contribution in [0.3, 0.4) is 0 Å². The maximum Gasteiger partial charge on any atom is 0.433 e. The summed E-state index contributed by atoms with van der Waals surface area (Å²) in [5, 5.41) is 7.78. The first-order valence-electron chi connectivity index (χ1n) is 7.01. The van der Waals surface area contributed by atoms with E-state index in [1.807, 2.05) is 0 Å². The number of hydrogen-bond donors (Lipinski definition) is 0. The fraction of sp³-hybridized carbons (Fsp3) is 0.286. The minimum atomic E-state index is -4.58. The van der Waals surface area contributed by atoms with Crippen molar-refractivity contribution in [1.29, 1.82) is 0 Å². The topological polar surface area (TPSA) is 68.3 Å². The molecule has 7 nitrogen and oxygen atoms in total. The van der Waals surface area contributed by atoms with E-state index in [0.717, 1.165) is 12.3 Å². The van der Waals surface area contributed by atoms with Crippen LogP contribution in [-0.2, 0) is 12.7 Å². The second-order valence-corrected chi connectivity index (χ2v) is 5.12. The molecule has 0 saturated heterocycles. The molecule has 126 valence electrons. The zero-order valence-corrected chi connectivity index (χ0v) is 12.6. The Morgan fingerprint density at radius 2 is 2.12 bits per heavy atom. The Kier molecular flexibility index (Phi) is 3.96. The van der Waals surface area contributed by atoms with Crippen LogP contribution in [0.1, 0.15) is 16.2 Å². The number of hydrogen-bond acceptors (Lipinski definition) is 4. The lowest BCUT2D eigenvalue weighted by molar-refractivity contribution is -0.142. The van der Waals surface area contributed by atoms with Gasteiger partial charge in [0.05, 0.1) is 6.54 Å². The summed E-state index contributed by atoms with van der Waals surface area (Å²) in [6, 6.07) is 3.81. The van der Waals surface area contributed by atoms with Gasteiger partial charge in [-0.3, -0.25) is 9.48 Å². The highest BCUT2D eigenvalue weighted by molar-refractivity contribution is 5.93. The van der Waals surface area contributed by atoms with Gasteiger partial charge in [-0.15, -0.1) is 0 Å². The maximum atomic E-state index is 13.0. The zero-order valence-electron chi connectivity index (χ0n) is 12.6. The highest BCUT2D eigenvalue weighted by Crippen LogP contribution is 2.29. The number of amides is 1. The van der Waals surface area contributed by atoms with E-state index in [2.05, 4.69) is 15.2 Å². The number of carbonyl (C=O) groups excluding carboxylic acids is 1. The molecule has 0 aliphatic carbocycles. The van der Waals surface area contributed by atoms with Crippen LogP contribution in [0, 0.1) is 0 Å². The van der Waals surface area contributed by atoms with Crippen LogP contribution in [0.2, 0.25) is 0 Å². The maximum absolute atomic E-state index is 13.0. The third-order valence-electron chi connectivity index (χ3n) is 3.44. The Labute approximate surface area is 134 Å². The van der Waals surface area contributed by atoms with Gasteiger partial charge in [0.2, 0.25) is 0 Å². The predicted octanol–water partition coefficient (Wildman–Crippen LogP) is 1.72. The Balaban J connectivity index is 1.82. The monoisotopic (exact) mass is 338 g/mol. The fourth-order valence-corrected chi connectivity index (χ4v) is 2.20. The summed E-state index contributed by atoms with van der Waals surface area (Å²) in [4.78, 5) is 17.5. The molecule has 0 spiro atoms. The third-order valence-corrected chi connectivity index (χ3v) is 3.44. The van der Waals surface area contributed by atoms with E-state index in [1.165, 1.54) is 11.0 Å². The number of likely N-dealkylation sites (N-methyl/N-ethyl adjacent to an activating group) is 1. The molecule has 0 bridgehead atoms. The van der Waals surface area contributed by atoms with Crippen LogP contribution < -0.4 is 0 Å². The van der Waals surface area contributed by atoms with Gasteiger partial charge >= 0.3 is 6.18 Å². The third kappa shape index (κ3) is 3.07. The second-order valence-electron chi connectivity index (χ2n) is 5.12. The van der Waals surface area contributed by atoms with E-state index in [-0.39, 0.29) is 11.3 Å². The lowest BCUT2D eigenvalue weighted by Gasteiger charge is -2.15. The van der Waals surface area contributed by atoms with E-state index < -0.39 is 17.8 Å². The number of halogens is 3. The van der Waals surface area contributed by atoms with Gasteiger partial charge in [0.15, 0.2) is 11.3 Å². The van der Waals surface area contributed by atoms with Gasteiger partial charge in [0.1, 0.15) is 5.69 Å². The second kappa shape index (κ2) is 5.95. The lowest BCUT2D eigenvalue weighted by Crippen LogP contribution is -2.30. The Hall–Kier alpha value is -2.91. The number of nitrogens with zero attached hydrogens (tertiary/aromatic N) is 6. The van der Waals surface area contributed by atoms with Crippen molar-refractivity contribution in [2.45, 2.75) is 12.7 Å². The lowest BCUT2D eigenvalue weighted by atomic mass is 10.3. The molecule has 0 aliphatic heterocycles. The van der Waals surface area contributed by atoms with E-state index in [9.17, 15) is 18.0 Å². The van der Waals surface area contributed by atoms with E-state index in [0.29, 0.717) is 17.6 Å². The summed E-state index contributed by atoms with van der Waals surface area (Å²) in [7, 11) is 1.55. The van der Waals surface area contributed by atoms with Gasteiger partial charge in [0.25, 0.3) is 5.91 Å². The molecule has 0 saturated carbocycles. The summed E-state index contributed by atoms with van der Waals surface area (Å²) in [6.45, 7) is 0.808. The van der Waals surface area contributed by atoms with Gasteiger partial charge in [0, 0.05) is 38.2 Å². The van der Waals surface area contributed by atoms with Crippen molar-refractivity contribution in [3.63, 3.8) is 0 Å². The first-order valence-corrected chi connectivity index (χ1v) is 7.01. The van der Waals surface area contributed by atoms with Crippen LogP contribution in [-0.4, -0.2) is 48.8 Å². The van der Waals surface area contributed by atoms with Crippen LogP contribution in [0.15, 0.2) is 36.8 Å². The molecule has 3 rings (SSSR count). The summed E-state index contributed by atoms with van der Waals surface area (Å²) < 4.78 is 41.2. The van der Waals surface area contributed by atoms with E-state index in [1.54, 1.807) is 30.2 Å². The Bertz CT molecular complexity index is 855.